The van der Waals surface area contributed by atoms with Gasteiger partial charge >= 0.3 is 6.18 Å². The Morgan fingerprint density at radius 2 is 1.85 bits per heavy atom. The molecule has 3 rings (SSSR count). The topological polar surface area (TPSA) is 28.5 Å². The van der Waals surface area contributed by atoms with Crippen molar-refractivity contribution in [2.75, 3.05) is 11.4 Å². The van der Waals surface area contributed by atoms with Crippen LogP contribution < -0.4 is 4.90 Å². The Hall–Kier alpha value is -2.37. The lowest BCUT2D eigenvalue weighted by atomic mass is 10.2. The number of halogens is 3. The second-order valence-electron chi connectivity index (χ2n) is 4.31. The maximum absolute atomic E-state index is 12.5. The highest BCUT2D eigenvalue weighted by Gasteiger charge is 2.32. The molecule has 0 saturated carbocycles. The molecule has 6 heteroatoms. The first kappa shape index (κ1) is 12.7. The van der Waals surface area contributed by atoms with Gasteiger partial charge in [0, 0.05) is 6.21 Å². The van der Waals surface area contributed by atoms with Crippen molar-refractivity contribution in [3.8, 4) is 0 Å². The largest absolute Gasteiger partial charge is 0.433 e. The highest BCUT2D eigenvalue weighted by atomic mass is 19.4. The zero-order valence-electron chi connectivity index (χ0n) is 10.3. The third-order valence-electron chi connectivity index (χ3n) is 3.02. The van der Waals surface area contributed by atoms with Crippen LogP contribution in [0.15, 0.2) is 47.6 Å². The van der Waals surface area contributed by atoms with Crippen molar-refractivity contribution in [3.05, 3.63) is 48.3 Å². The van der Waals surface area contributed by atoms with Gasteiger partial charge < -0.3 is 4.90 Å². The third kappa shape index (κ3) is 2.24. The van der Waals surface area contributed by atoms with E-state index < -0.39 is 11.9 Å². The van der Waals surface area contributed by atoms with Crippen LogP contribution in [-0.2, 0) is 6.18 Å². The molecule has 2 aromatic rings. The average Bonchev–Trinajstić information content (AvgIpc) is 2.46. The molecule has 0 fully saturated rings. The molecule has 0 atom stereocenters. The van der Waals surface area contributed by atoms with Gasteiger partial charge in [-0.1, -0.05) is 12.1 Å². The number of alkyl halides is 3. The van der Waals surface area contributed by atoms with Crippen molar-refractivity contribution in [2.45, 2.75) is 6.18 Å². The molecule has 3 nitrogen and oxygen atoms in total. The molecular weight excluding hydrogens is 267 g/mol. The van der Waals surface area contributed by atoms with Crippen LogP contribution in [-0.4, -0.2) is 17.7 Å². The number of hydrogen-bond acceptors (Lipinski definition) is 3. The monoisotopic (exact) mass is 277 g/mol. The molecule has 0 amide bonds. The minimum atomic E-state index is -4.42. The number of anilines is 2. The minimum absolute atomic E-state index is 0.504. The number of aliphatic imine (C=N–C) groups is 1. The number of fused-ring (bicyclic) bond motifs is 1. The van der Waals surface area contributed by atoms with Gasteiger partial charge in [0.25, 0.3) is 0 Å². The summed E-state index contributed by atoms with van der Waals surface area (Å²) in [6, 6.07) is 9.88. The van der Waals surface area contributed by atoms with Crippen molar-refractivity contribution < 1.29 is 13.2 Å². The summed E-state index contributed by atoms with van der Waals surface area (Å²) in [6.07, 6.45) is -1.46. The zero-order chi connectivity index (χ0) is 14.2. The summed E-state index contributed by atoms with van der Waals surface area (Å²) in [5.41, 5.74) is 1.37. The Morgan fingerprint density at radius 3 is 2.55 bits per heavy atom. The van der Waals surface area contributed by atoms with Crippen molar-refractivity contribution in [1.82, 2.24) is 4.98 Å². The lowest BCUT2D eigenvalue weighted by molar-refractivity contribution is -0.141. The zero-order valence-corrected chi connectivity index (χ0v) is 10.3. The quantitative estimate of drug-likeness (QED) is 0.789. The van der Waals surface area contributed by atoms with Gasteiger partial charge in [0.2, 0.25) is 0 Å². The van der Waals surface area contributed by atoms with Crippen LogP contribution in [0.1, 0.15) is 5.69 Å². The Balaban J connectivity index is 1.96. The van der Waals surface area contributed by atoms with E-state index >= 15 is 0 Å². The van der Waals surface area contributed by atoms with E-state index in [1.54, 1.807) is 6.21 Å². The average molecular weight is 277 g/mol. The molecule has 1 aliphatic rings. The smallest absolute Gasteiger partial charge is 0.333 e. The normalized spacial score (nSPS) is 14.2. The van der Waals surface area contributed by atoms with Crippen molar-refractivity contribution in [3.63, 3.8) is 0 Å². The van der Waals surface area contributed by atoms with Gasteiger partial charge in [-0.2, -0.15) is 13.2 Å². The fourth-order valence-corrected chi connectivity index (χ4v) is 2.08. The first-order valence-electron chi connectivity index (χ1n) is 5.98. The van der Waals surface area contributed by atoms with Crippen LogP contribution in [0.5, 0.6) is 0 Å². The SMILES string of the molecule is FC(F)(F)c1ccc(N2CC=Nc3ccccc32)cn1. The Kier molecular flexibility index (Phi) is 2.93. The lowest BCUT2D eigenvalue weighted by Gasteiger charge is -2.27. The fourth-order valence-electron chi connectivity index (χ4n) is 2.08. The van der Waals surface area contributed by atoms with Gasteiger partial charge in [-0.25, -0.2) is 4.98 Å². The standard InChI is InChI=1S/C14H10F3N3/c15-14(16,17)13-6-5-10(9-19-13)20-8-7-18-11-3-1-2-4-12(11)20/h1-7,9H,8H2. The Morgan fingerprint density at radius 1 is 1.05 bits per heavy atom. The minimum Gasteiger partial charge on any atom is -0.333 e. The number of pyridine rings is 1. The second kappa shape index (κ2) is 4.63. The fraction of sp³-hybridized carbons (Fsp3) is 0.143. The summed E-state index contributed by atoms with van der Waals surface area (Å²) in [7, 11) is 0. The van der Waals surface area contributed by atoms with E-state index in [9.17, 15) is 13.2 Å². The van der Waals surface area contributed by atoms with Crippen LogP contribution in [0.25, 0.3) is 0 Å². The first-order valence-corrected chi connectivity index (χ1v) is 5.98. The first-order chi connectivity index (χ1) is 9.55. The summed E-state index contributed by atoms with van der Waals surface area (Å²) in [6.45, 7) is 0.504. The number of aromatic nitrogens is 1. The Bertz CT molecular complexity index is 647. The maximum atomic E-state index is 12.5. The molecule has 0 aliphatic carbocycles. The highest BCUT2D eigenvalue weighted by Crippen LogP contribution is 2.36. The van der Waals surface area contributed by atoms with Crippen LogP contribution >= 0.6 is 0 Å². The van der Waals surface area contributed by atoms with Crippen LogP contribution in [0.2, 0.25) is 0 Å². The molecule has 2 heterocycles. The Labute approximate surface area is 113 Å². The molecular formula is C14H10F3N3. The summed E-state index contributed by atoms with van der Waals surface area (Å²) < 4.78 is 37.5. The van der Waals surface area contributed by atoms with Gasteiger partial charge in [-0.05, 0) is 24.3 Å². The molecule has 1 aromatic carbocycles. The number of benzene rings is 1. The highest BCUT2D eigenvalue weighted by molar-refractivity contribution is 5.86. The predicted molar refractivity (Wildman–Crippen MR) is 70.8 cm³/mol. The number of rotatable bonds is 1. The van der Waals surface area contributed by atoms with E-state index in [-0.39, 0.29) is 0 Å². The molecule has 0 radical (unpaired) electrons. The molecule has 102 valence electrons. The van der Waals surface area contributed by atoms with E-state index in [1.165, 1.54) is 12.3 Å². The molecule has 0 bridgehead atoms. The third-order valence-corrected chi connectivity index (χ3v) is 3.02. The van der Waals surface area contributed by atoms with Crippen LogP contribution in [0, 0.1) is 0 Å². The van der Waals surface area contributed by atoms with Gasteiger partial charge in [0.15, 0.2) is 0 Å². The van der Waals surface area contributed by atoms with E-state index in [0.717, 1.165) is 17.4 Å². The predicted octanol–water partition coefficient (Wildman–Crippen LogP) is 3.95. The number of nitrogens with zero attached hydrogens (tertiary/aromatic N) is 3. The molecule has 1 aromatic heterocycles. The molecule has 20 heavy (non-hydrogen) atoms. The summed E-state index contributed by atoms with van der Waals surface area (Å²) in [4.78, 5) is 9.62. The van der Waals surface area contributed by atoms with Gasteiger partial charge in [-0.3, -0.25) is 4.99 Å². The summed E-state index contributed by atoms with van der Waals surface area (Å²) in [5, 5.41) is 0. The molecule has 1 aliphatic heterocycles. The van der Waals surface area contributed by atoms with E-state index in [0.29, 0.717) is 12.2 Å². The van der Waals surface area contributed by atoms with Crippen LogP contribution in [0.3, 0.4) is 0 Å². The summed E-state index contributed by atoms with van der Waals surface area (Å²) >= 11 is 0. The summed E-state index contributed by atoms with van der Waals surface area (Å²) in [5.74, 6) is 0. The molecule has 0 spiro atoms. The van der Waals surface area contributed by atoms with Gasteiger partial charge in [0.1, 0.15) is 5.69 Å². The van der Waals surface area contributed by atoms with Crippen LogP contribution in [0.4, 0.5) is 30.2 Å². The maximum Gasteiger partial charge on any atom is 0.433 e. The second-order valence-corrected chi connectivity index (χ2v) is 4.31. The van der Waals surface area contributed by atoms with Crippen molar-refractivity contribution in [1.29, 1.82) is 0 Å². The van der Waals surface area contributed by atoms with Gasteiger partial charge in [0.05, 0.1) is 29.8 Å². The van der Waals surface area contributed by atoms with Gasteiger partial charge in [-0.15, -0.1) is 0 Å². The number of hydrogen-bond donors (Lipinski definition) is 0. The molecule has 0 unspecified atom stereocenters. The van der Waals surface area contributed by atoms with Crippen molar-refractivity contribution >= 4 is 23.3 Å². The molecule has 0 N–H and O–H groups in total. The van der Waals surface area contributed by atoms with E-state index in [4.69, 9.17) is 0 Å². The van der Waals surface area contributed by atoms with E-state index in [2.05, 4.69) is 9.98 Å². The molecule has 0 saturated heterocycles. The van der Waals surface area contributed by atoms with E-state index in [1.807, 2.05) is 29.2 Å². The lowest BCUT2D eigenvalue weighted by Crippen LogP contribution is -2.22. The van der Waals surface area contributed by atoms with Crippen molar-refractivity contribution in [2.24, 2.45) is 4.99 Å². The number of para-hydroxylation sites is 2.